The number of para-hydroxylation sites is 1. The van der Waals surface area contributed by atoms with Gasteiger partial charge in [-0.2, -0.15) is 0 Å². The lowest BCUT2D eigenvalue weighted by Gasteiger charge is -2.34. The van der Waals surface area contributed by atoms with E-state index in [-0.39, 0.29) is 24.7 Å². The Morgan fingerprint density at radius 2 is 1.91 bits per heavy atom. The van der Waals surface area contributed by atoms with Gasteiger partial charge < -0.3 is 14.8 Å². The number of nitrogens with one attached hydrogen (secondary N) is 1. The summed E-state index contributed by atoms with van der Waals surface area (Å²) in [5.74, 6) is -0.583. The van der Waals surface area contributed by atoms with Crippen molar-refractivity contribution in [3.8, 4) is 0 Å². The van der Waals surface area contributed by atoms with E-state index in [1.165, 1.54) is 0 Å². The summed E-state index contributed by atoms with van der Waals surface area (Å²) in [4.78, 5) is 26.3. The van der Waals surface area contributed by atoms with Crippen molar-refractivity contribution in [2.75, 3.05) is 31.6 Å². The number of carbonyl (C=O) groups excluding carboxylic acids is 2. The number of rotatable bonds is 5. The Hall–Kier alpha value is -1.92. The molecule has 126 valence electrons. The summed E-state index contributed by atoms with van der Waals surface area (Å²) in [6.45, 7) is 7.75. The first-order valence-corrected chi connectivity index (χ1v) is 7.93. The summed E-state index contributed by atoms with van der Waals surface area (Å²) in [5.41, 5.74) is 0.844. The minimum absolute atomic E-state index is 0.110. The zero-order valence-corrected chi connectivity index (χ0v) is 13.9. The van der Waals surface area contributed by atoms with Crippen molar-refractivity contribution in [1.82, 2.24) is 4.90 Å². The molecule has 1 aliphatic heterocycles. The number of nitrogens with zero attached hydrogens (tertiary/aromatic N) is 1. The first-order valence-electron chi connectivity index (χ1n) is 7.93. The molecule has 1 fully saturated rings. The van der Waals surface area contributed by atoms with Crippen molar-refractivity contribution in [3.63, 3.8) is 0 Å². The van der Waals surface area contributed by atoms with Crippen molar-refractivity contribution in [3.05, 3.63) is 29.8 Å². The van der Waals surface area contributed by atoms with Crippen molar-refractivity contribution in [1.29, 1.82) is 0 Å². The number of benzene rings is 1. The van der Waals surface area contributed by atoms with E-state index in [4.69, 9.17) is 9.47 Å². The Morgan fingerprint density at radius 1 is 1.26 bits per heavy atom. The average molecular weight is 320 g/mol. The molecular formula is C17H24N2O4. The molecule has 0 unspecified atom stereocenters. The fraction of sp³-hybridized carbons (Fsp3) is 0.529. The minimum atomic E-state index is -0.433. The fourth-order valence-corrected chi connectivity index (χ4v) is 2.79. The van der Waals surface area contributed by atoms with E-state index in [2.05, 4.69) is 10.2 Å². The van der Waals surface area contributed by atoms with Crippen LogP contribution in [0.5, 0.6) is 0 Å². The standard InChI is InChI=1S/C17H24N2O4/c1-4-22-17(21)14-7-5-6-8-15(14)18-16(20)11-19-9-12(2)23-13(3)10-19/h5-8,12-13H,4,9-11H2,1-3H3,(H,18,20)/t12-,13-/m1/s1. The van der Waals surface area contributed by atoms with E-state index >= 15 is 0 Å². The molecule has 0 saturated carbocycles. The molecule has 6 nitrogen and oxygen atoms in total. The number of carbonyl (C=O) groups is 2. The molecule has 1 aromatic carbocycles. The van der Waals surface area contributed by atoms with Gasteiger partial charge in [-0.3, -0.25) is 9.69 Å². The third kappa shape index (κ3) is 5.04. The summed E-state index contributed by atoms with van der Waals surface area (Å²) < 4.78 is 10.7. The van der Waals surface area contributed by atoms with Gasteiger partial charge in [0.25, 0.3) is 0 Å². The van der Waals surface area contributed by atoms with Gasteiger partial charge in [-0.15, -0.1) is 0 Å². The third-order valence-electron chi connectivity index (χ3n) is 3.56. The molecule has 1 heterocycles. The maximum absolute atomic E-state index is 12.3. The van der Waals surface area contributed by atoms with Gasteiger partial charge in [0.05, 0.1) is 36.6 Å². The van der Waals surface area contributed by atoms with Crippen LogP contribution in [0.15, 0.2) is 24.3 Å². The van der Waals surface area contributed by atoms with Crippen LogP contribution in [0.25, 0.3) is 0 Å². The number of ether oxygens (including phenoxy) is 2. The average Bonchev–Trinajstić information content (AvgIpc) is 2.46. The van der Waals surface area contributed by atoms with Crippen LogP contribution in [0, 0.1) is 0 Å². The molecular weight excluding hydrogens is 296 g/mol. The highest BCUT2D eigenvalue weighted by molar-refractivity contribution is 6.01. The molecule has 1 aromatic rings. The lowest BCUT2D eigenvalue weighted by Crippen LogP contribution is -2.48. The molecule has 6 heteroatoms. The summed E-state index contributed by atoms with van der Waals surface area (Å²) in [7, 11) is 0. The Labute approximate surface area is 136 Å². The van der Waals surface area contributed by atoms with E-state index in [1.807, 2.05) is 13.8 Å². The molecule has 0 aromatic heterocycles. The lowest BCUT2D eigenvalue weighted by molar-refractivity contribution is -0.121. The van der Waals surface area contributed by atoms with E-state index in [9.17, 15) is 9.59 Å². The van der Waals surface area contributed by atoms with Crippen LogP contribution in [0.3, 0.4) is 0 Å². The molecule has 2 rings (SSSR count). The van der Waals surface area contributed by atoms with Gasteiger partial charge in [0, 0.05) is 13.1 Å². The normalized spacial score (nSPS) is 21.7. The second kappa shape index (κ2) is 8.08. The monoisotopic (exact) mass is 320 g/mol. The molecule has 1 amide bonds. The van der Waals surface area contributed by atoms with Gasteiger partial charge in [-0.05, 0) is 32.9 Å². The largest absolute Gasteiger partial charge is 0.462 e. The summed E-state index contributed by atoms with van der Waals surface area (Å²) >= 11 is 0. The first-order chi connectivity index (χ1) is 11.0. The van der Waals surface area contributed by atoms with Crippen LogP contribution < -0.4 is 5.32 Å². The highest BCUT2D eigenvalue weighted by atomic mass is 16.5. The molecule has 1 N–H and O–H groups in total. The molecule has 2 atom stereocenters. The number of esters is 1. The van der Waals surface area contributed by atoms with Crippen molar-refractivity contribution < 1.29 is 19.1 Å². The fourth-order valence-electron chi connectivity index (χ4n) is 2.79. The zero-order chi connectivity index (χ0) is 16.8. The molecule has 0 radical (unpaired) electrons. The highest BCUT2D eigenvalue weighted by Gasteiger charge is 2.24. The van der Waals surface area contributed by atoms with E-state index in [0.29, 0.717) is 17.9 Å². The molecule has 0 bridgehead atoms. The lowest BCUT2D eigenvalue weighted by atomic mass is 10.1. The van der Waals surface area contributed by atoms with Gasteiger partial charge in [-0.25, -0.2) is 4.79 Å². The van der Waals surface area contributed by atoms with Crippen molar-refractivity contribution in [2.45, 2.75) is 33.0 Å². The van der Waals surface area contributed by atoms with Crippen LogP contribution >= 0.6 is 0 Å². The molecule has 1 saturated heterocycles. The number of morpholine rings is 1. The summed E-state index contributed by atoms with van der Waals surface area (Å²) in [6, 6.07) is 6.87. The van der Waals surface area contributed by atoms with Gasteiger partial charge in [0.2, 0.25) is 5.91 Å². The maximum atomic E-state index is 12.3. The number of hydrogen-bond donors (Lipinski definition) is 1. The SMILES string of the molecule is CCOC(=O)c1ccccc1NC(=O)CN1C[C@@H](C)O[C@H](C)C1. The van der Waals surface area contributed by atoms with Gasteiger partial charge in [-0.1, -0.05) is 12.1 Å². The molecule has 23 heavy (non-hydrogen) atoms. The van der Waals surface area contributed by atoms with Crippen molar-refractivity contribution >= 4 is 17.6 Å². The van der Waals surface area contributed by atoms with Gasteiger partial charge in [0.15, 0.2) is 0 Å². The Bertz CT molecular complexity index is 551. The van der Waals surface area contributed by atoms with Crippen molar-refractivity contribution in [2.24, 2.45) is 0 Å². The van der Waals surface area contributed by atoms with Crippen LogP contribution in [-0.2, 0) is 14.3 Å². The minimum Gasteiger partial charge on any atom is -0.462 e. The van der Waals surface area contributed by atoms with E-state index in [0.717, 1.165) is 13.1 Å². The summed E-state index contributed by atoms with van der Waals surface area (Å²) in [5, 5.41) is 2.80. The van der Waals surface area contributed by atoms with Crippen LogP contribution in [0.4, 0.5) is 5.69 Å². The van der Waals surface area contributed by atoms with Crippen LogP contribution in [0.1, 0.15) is 31.1 Å². The number of hydrogen-bond acceptors (Lipinski definition) is 5. The Balaban J connectivity index is 1.99. The predicted molar refractivity (Wildman–Crippen MR) is 87.5 cm³/mol. The number of amides is 1. The second-order valence-electron chi connectivity index (χ2n) is 5.77. The number of anilines is 1. The quantitative estimate of drug-likeness (QED) is 0.840. The van der Waals surface area contributed by atoms with Crippen LogP contribution in [-0.4, -0.2) is 55.2 Å². The third-order valence-corrected chi connectivity index (χ3v) is 3.56. The topological polar surface area (TPSA) is 67.9 Å². The van der Waals surface area contributed by atoms with Gasteiger partial charge in [0.1, 0.15) is 0 Å². The van der Waals surface area contributed by atoms with Crippen LogP contribution in [0.2, 0.25) is 0 Å². The summed E-state index contributed by atoms with van der Waals surface area (Å²) in [6.07, 6.45) is 0.219. The van der Waals surface area contributed by atoms with E-state index in [1.54, 1.807) is 31.2 Å². The molecule has 1 aliphatic rings. The smallest absolute Gasteiger partial charge is 0.340 e. The predicted octanol–water partition coefficient (Wildman–Crippen LogP) is 1.91. The highest BCUT2D eigenvalue weighted by Crippen LogP contribution is 2.17. The molecule has 0 spiro atoms. The zero-order valence-electron chi connectivity index (χ0n) is 13.9. The Kier molecular flexibility index (Phi) is 6.12. The maximum Gasteiger partial charge on any atom is 0.340 e. The second-order valence-corrected chi connectivity index (χ2v) is 5.77. The first kappa shape index (κ1) is 17.4. The molecule has 0 aliphatic carbocycles. The Morgan fingerprint density at radius 3 is 2.57 bits per heavy atom. The van der Waals surface area contributed by atoms with Gasteiger partial charge >= 0.3 is 5.97 Å². The van der Waals surface area contributed by atoms with E-state index < -0.39 is 5.97 Å².